The smallest absolute Gasteiger partial charge is 0.319 e. The van der Waals surface area contributed by atoms with E-state index in [0.717, 1.165) is 11.1 Å². The Morgan fingerprint density at radius 3 is 2.30 bits per heavy atom. The molecule has 30 heavy (non-hydrogen) atoms. The SMILES string of the molecule is CCOC(=O)CC1c2cc(-c3cc(Cl)cc(Cl)c3)ccc2OC(=N)C1C(=O)OCC. The van der Waals surface area contributed by atoms with Gasteiger partial charge < -0.3 is 14.2 Å². The van der Waals surface area contributed by atoms with Gasteiger partial charge in [-0.3, -0.25) is 15.0 Å². The maximum Gasteiger partial charge on any atom is 0.319 e. The molecule has 2 aromatic rings. The summed E-state index contributed by atoms with van der Waals surface area (Å²) in [6, 6.07) is 10.5. The molecular weight excluding hydrogens is 429 g/mol. The molecule has 0 bridgehead atoms. The van der Waals surface area contributed by atoms with Crippen molar-refractivity contribution < 1.29 is 23.8 Å². The third kappa shape index (κ3) is 4.77. The molecular formula is C22H21Cl2NO5. The number of esters is 2. The fourth-order valence-corrected chi connectivity index (χ4v) is 4.03. The van der Waals surface area contributed by atoms with Gasteiger partial charge in [0.15, 0.2) is 0 Å². The molecule has 158 valence electrons. The summed E-state index contributed by atoms with van der Waals surface area (Å²) in [7, 11) is 0. The molecule has 1 N–H and O–H groups in total. The molecule has 3 rings (SSSR count). The highest BCUT2D eigenvalue weighted by Crippen LogP contribution is 2.43. The Balaban J connectivity index is 2.08. The number of nitrogens with one attached hydrogen (secondary N) is 1. The summed E-state index contributed by atoms with van der Waals surface area (Å²) in [5, 5.41) is 9.20. The zero-order valence-electron chi connectivity index (χ0n) is 16.5. The Hall–Kier alpha value is -2.57. The molecule has 0 saturated heterocycles. The number of hydrogen-bond acceptors (Lipinski definition) is 6. The Kier molecular flexibility index (Phi) is 7.00. The summed E-state index contributed by atoms with van der Waals surface area (Å²) in [4.78, 5) is 24.9. The van der Waals surface area contributed by atoms with E-state index in [2.05, 4.69) is 0 Å². The maximum atomic E-state index is 12.6. The predicted octanol–water partition coefficient (Wildman–Crippen LogP) is 5.25. The monoisotopic (exact) mass is 449 g/mol. The number of fused-ring (bicyclic) bond motifs is 1. The number of halogens is 2. The van der Waals surface area contributed by atoms with Gasteiger partial charge in [0.25, 0.3) is 0 Å². The molecule has 1 heterocycles. The van der Waals surface area contributed by atoms with Crippen LogP contribution in [0.1, 0.15) is 31.7 Å². The molecule has 0 saturated carbocycles. The first-order valence-corrected chi connectivity index (χ1v) is 10.3. The van der Waals surface area contributed by atoms with Crippen molar-refractivity contribution in [1.82, 2.24) is 0 Å². The van der Waals surface area contributed by atoms with E-state index in [1.807, 2.05) is 6.07 Å². The molecule has 2 unspecified atom stereocenters. The zero-order valence-corrected chi connectivity index (χ0v) is 18.0. The van der Waals surface area contributed by atoms with Gasteiger partial charge in [-0.1, -0.05) is 29.3 Å². The van der Waals surface area contributed by atoms with Crippen molar-refractivity contribution in [1.29, 1.82) is 5.41 Å². The standard InChI is InChI=1S/C22H21Cl2NO5/c1-3-28-19(26)11-17-16-9-12(13-7-14(23)10-15(24)8-13)5-6-18(16)30-21(25)20(17)22(27)29-4-2/h5-10,17,20,25H,3-4,11H2,1-2H3. The van der Waals surface area contributed by atoms with Gasteiger partial charge in [-0.15, -0.1) is 0 Å². The first-order chi connectivity index (χ1) is 14.3. The highest BCUT2D eigenvalue weighted by molar-refractivity contribution is 6.35. The van der Waals surface area contributed by atoms with Crippen molar-refractivity contribution in [3.63, 3.8) is 0 Å². The molecule has 1 aliphatic rings. The lowest BCUT2D eigenvalue weighted by Gasteiger charge is -2.32. The number of hydrogen-bond donors (Lipinski definition) is 1. The lowest BCUT2D eigenvalue weighted by atomic mass is 9.80. The minimum Gasteiger partial charge on any atom is -0.466 e. The van der Waals surface area contributed by atoms with Gasteiger partial charge in [0.1, 0.15) is 11.7 Å². The van der Waals surface area contributed by atoms with E-state index in [0.29, 0.717) is 21.4 Å². The number of benzene rings is 2. The Bertz CT molecular complexity index is 971. The van der Waals surface area contributed by atoms with Crippen LogP contribution in [0.2, 0.25) is 10.0 Å². The van der Waals surface area contributed by atoms with E-state index in [1.165, 1.54) is 0 Å². The highest BCUT2D eigenvalue weighted by atomic mass is 35.5. The van der Waals surface area contributed by atoms with Crippen molar-refractivity contribution in [2.45, 2.75) is 26.2 Å². The second kappa shape index (κ2) is 9.49. The van der Waals surface area contributed by atoms with Gasteiger partial charge in [0, 0.05) is 21.5 Å². The van der Waals surface area contributed by atoms with E-state index in [-0.39, 0.29) is 25.5 Å². The van der Waals surface area contributed by atoms with Gasteiger partial charge in [0.2, 0.25) is 5.90 Å². The molecule has 8 heteroatoms. The van der Waals surface area contributed by atoms with Crippen LogP contribution in [0.4, 0.5) is 0 Å². The molecule has 1 aliphatic heterocycles. The summed E-state index contributed by atoms with van der Waals surface area (Å²) in [6.45, 7) is 3.77. The molecule has 0 radical (unpaired) electrons. The van der Waals surface area contributed by atoms with Gasteiger partial charge in [-0.2, -0.15) is 0 Å². The van der Waals surface area contributed by atoms with Crippen LogP contribution in [0.15, 0.2) is 36.4 Å². The fraction of sp³-hybridized carbons (Fsp3) is 0.318. The number of rotatable bonds is 6. The van der Waals surface area contributed by atoms with Crippen molar-refractivity contribution in [3.8, 4) is 16.9 Å². The van der Waals surface area contributed by atoms with Crippen LogP contribution in [0.25, 0.3) is 11.1 Å². The van der Waals surface area contributed by atoms with Crippen molar-refractivity contribution in [3.05, 3.63) is 52.0 Å². The van der Waals surface area contributed by atoms with Crippen molar-refractivity contribution >= 4 is 41.0 Å². The lowest BCUT2D eigenvalue weighted by molar-refractivity contribution is -0.148. The van der Waals surface area contributed by atoms with Crippen LogP contribution in [0, 0.1) is 11.3 Å². The van der Waals surface area contributed by atoms with Gasteiger partial charge in [0.05, 0.1) is 19.6 Å². The second-order valence-electron chi connectivity index (χ2n) is 6.72. The van der Waals surface area contributed by atoms with Crippen molar-refractivity contribution in [2.24, 2.45) is 5.92 Å². The van der Waals surface area contributed by atoms with Crippen LogP contribution in [0.3, 0.4) is 0 Å². The summed E-state index contributed by atoms with van der Waals surface area (Å²) in [5.41, 5.74) is 2.18. The van der Waals surface area contributed by atoms with Crippen LogP contribution < -0.4 is 4.74 Å². The third-order valence-corrected chi connectivity index (χ3v) is 5.18. The normalized spacial score (nSPS) is 17.7. The average Bonchev–Trinajstić information content (AvgIpc) is 2.67. The highest BCUT2D eigenvalue weighted by Gasteiger charge is 2.42. The summed E-state index contributed by atoms with van der Waals surface area (Å²) in [5.74, 6) is -2.62. The van der Waals surface area contributed by atoms with Crippen molar-refractivity contribution in [2.75, 3.05) is 13.2 Å². The molecule has 0 fully saturated rings. The number of ether oxygens (including phenoxy) is 3. The van der Waals surface area contributed by atoms with Crippen LogP contribution in [0.5, 0.6) is 5.75 Å². The quantitative estimate of drug-likeness (QED) is 0.608. The minimum absolute atomic E-state index is 0.0875. The minimum atomic E-state index is -1.04. The van der Waals surface area contributed by atoms with E-state index < -0.39 is 23.8 Å². The third-order valence-electron chi connectivity index (χ3n) is 4.74. The summed E-state index contributed by atoms with van der Waals surface area (Å²) < 4.78 is 15.8. The molecule has 0 aromatic heterocycles. The first-order valence-electron chi connectivity index (χ1n) is 9.53. The van der Waals surface area contributed by atoms with E-state index in [9.17, 15) is 9.59 Å². The number of carbonyl (C=O) groups excluding carboxylic acids is 2. The van der Waals surface area contributed by atoms with E-state index >= 15 is 0 Å². The molecule has 6 nitrogen and oxygen atoms in total. The van der Waals surface area contributed by atoms with Crippen LogP contribution in [-0.2, 0) is 19.1 Å². The molecule has 0 amide bonds. The topological polar surface area (TPSA) is 85.7 Å². The second-order valence-corrected chi connectivity index (χ2v) is 7.60. The van der Waals surface area contributed by atoms with Crippen LogP contribution >= 0.6 is 23.2 Å². The lowest BCUT2D eigenvalue weighted by Crippen LogP contribution is -2.39. The average molecular weight is 450 g/mol. The van der Waals surface area contributed by atoms with Gasteiger partial charge in [-0.25, -0.2) is 0 Å². The van der Waals surface area contributed by atoms with Gasteiger partial charge >= 0.3 is 11.9 Å². The molecule has 0 spiro atoms. The molecule has 2 aromatic carbocycles. The Morgan fingerprint density at radius 2 is 1.67 bits per heavy atom. The Labute approximate surface area is 184 Å². The molecule has 0 aliphatic carbocycles. The van der Waals surface area contributed by atoms with Gasteiger partial charge in [-0.05, 0) is 55.3 Å². The van der Waals surface area contributed by atoms with E-state index in [4.69, 9.17) is 42.8 Å². The summed E-state index contributed by atoms with van der Waals surface area (Å²) >= 11 is 12.3. The van der Waals surface area contributed by atoms with E-state index in [1.54, 1.807) is 44.2 Å². The molecule has 2 atom stereocenters. The Morgan fingerprint density at radius 1 is 1.00 bits per heavy atom. The maximum absolute atomic E-state index is 12.6. The number of carbonyl (C=O) groups is 2. The first kappa shape index (κ1) is 22.1. The largest absolute Gasteiger partial charge is 0.466 e. The fourth-order valence-electron chi connectivity index (χ4n) is 3.51. The zero-order chi connectivity index (χ0) is 21.8. The van der Waals surface area contributed by atoms with Crippen LogP contribution in [-0.4, -0.2) is 31.1 Å². The predicted molar refractivity (Wildman–Crippen MR) is 114 cm³/mol. The summed E-state index contributed by atoms with van der Waals surface area (Å²) in [6.07, 6.45) is -0.0875.